The Morgan fingerprint density at radius 3 is 2.95 bits per heavy atom. The predicted octanol–water partition coefficient (Wildman–Crippen LogP) is 3.09. The lowest BCUT2D eigenvalue weighted by molar-refractivity contribution is 0.153. The molecule has 1 unspecified atom stereocenters. The lowest BCUT2D eigenvalue weighted by atomic mass is 10.0. The van der Waals surface area contributed by atoms with Crippen LogP contribution in [-0.4, -0.2) is 37.7 Å². The van der Waals surface area contributed by atoms with Gasteiger partial charge in [0.25, 0.3) is 0 Å². The highest BCUT2D eigenvalue weighted by atomic mass is 35.5. The molecule has 0 spiro atoms. The zero-order valence-corrected chi connectivity index (χ0v) is 13.0. The number of likely N-dealkylation sites (tertiary alicyclic amines) is 1. The van der Waals surface area contributed by atoms with E-state index >= 15 is 0 Å². The van der Waals surface area contributed by atoms with E-state index in [1.807, 2.05) is 18.2 Å². The van der Waals surface area contributed by atoms with Gasteiger partial charge in [0.15, 0.2) is 0 Å². The fourth-order valence-electron chi connectivity index (χ4n) is 2.80. The summed E-state index contributed by atoms with van der Waals surface area (Å²) in [6.07, 6.45) is 5.86. The molecule has 1 heterocycles. The molecule has 0 saturated carbocycles. The third-order valence-corrected chi connectivity index (χ3v) is 4.35. The van der Waals surface area contributed by atoms with E-state index in [9.17, 15) is 0 Å². The first-order valence-corrected chi connectivity index (χ1v) is 7.90. The number of halogens is 1. The minimum Gasteiger partial charge on any atom is -0.492 e. The Balaban J connectivity index is 1.81. The second-order valence-electron chi connectivity index (χ2n) is 5.57. The van der Waals surface area contributed by atoms with Crippen LogP contribution in [0.5, 0.6) is 5.75 Å². The number of ether oxygens (including phenoxy) is 1. The topological polar surface area (TPSA) is 38.5 Å². The number of nitrogens with two attached hydrogens (primary N) is 1. The maximum absolute atomic E-state index is 6.24. The Hall–Kier alpha value is -0.770. The Morgan fingerprint density at radius 2 is 2.25 bits per heavy atom. The number of hydrogen-bond acceptors (Lipinski definition) is 3. The zero-order chi connectivity index (χ0) is 14.4. The molecule has 2 N–H and O–H groups in total. The Kier molecular flexibility index (Phi) is 6.14. The van der Waals surface area contributed by atoms with E-state index in [0.29, 0.717) is 17.6 Å². The van der Waals surface area contributed by atoms with Gasteiger partial charge in [-0.3, -0.25) is 0 Å². The van der Waals surface area contributed by atoms with Crippen LogP contribution in [-0.2, 0) is 6.42 Å². The van der Waals surface area contributed by atoms with Gasteiger partial charge in [-0.25, -0.2) is 0 Å². The van der Waals surface area contributed by atoms with Crippen LogP contribution in [0.15, 0.2) is 18.2 Å². The van der Waals surface area contributed by atoms with Gasteiger partial charge in [0, 0.05) is 6.04 Å². The molecule has 20 heavy (non-hydrogen) atoms. The average Bonchev–Trinajstić information content (AvgIpc) is 2.43. The molecule has 4 heteroatoms. The molecule has 0 aromatic heterocycles. The number of nitrogens with zero attached hydrogens (tertiary/aromatic N) is 1. The standard InChI is InChI=1S/C16H25ClN2O/c1-19-10-3-2-4-14(19)8-11-20-16-6-5-13(7-9-18)12-15(16)17/h5-6,12,14H,2-4,7-11,18H2,1H3. The highest BCUT2D eigenvalue weighted by Gasteiger charge is 2.18. The maximum Gasteiger partial charge on any atom is 0.137 e. The van der Waals surface area contributed by atoms with E-state index in [0.717, 1.165) is 30.8 Å². The summed E-state index contributed by atoms with van der Waals surface area (Å²) >= 11 is 6.24. The van der Waals surface area contributed by atoms with Crippen molar-refractivity contribution in [1.29, 1.82) is 0 Å². The van der Waals surface area contributed by atoms with Crippen molar-refractivity contribution in [2.24, 2.45) is 5.73 Å². The van der Waals surface area contributed by atoms with Crippen LogP contribution in [0.4, 0.5) is 0 Å². The fourth-order valence-corrected chi connectivity index (χ4v) is 3.06. The lowest BCUT2D eigenvalue weighted by Gasteiger charge is -2.32. The number of benzene rings is 1. The normalized spacial score (nSPS) is 20.1. The van der Waals surface area contributed by atoms with Gasteiger partial charge >= 0.3 is 0 Å². The van der Waals surface area contributed by atoms with Crippen LogP contribution in [0.1, 0.15) is 31.2 Å². The highest BCUT2D eigenvalue weighted by molar-refractivity contribution is 6.32. The van der Waals surface area contributed by atoms with E-state index in [1.165, 1.54) is 25.8 Å². The average molecular weight is 297 g/mol. The second kappa shape index (κ2) is 7.87. The van der Waals surface area contributed by atoms with Crippen LogP contribution in [0.2, 0.25) is 5.02 Å². The van der Waals surface area contributed by atoms with Gasteiger partial charge in [-0.05, 0) is 63.5 Å². The first kappa shape index (κ1) is 15.6. The molecule has 0 aliphatic carbocycles. The van der Waals surface area contributed by atoms with Gasteiger partial charge in [0.05, 0.1) is 11.6 Å². The zero-order valence-electron chi connectivity index (χ0n) is 12.3. The molecule has 1 aromatic rings. The van der Waals surface area contributed by atoms with Gasteiger partial charge in [-0.2, -0.15) is 0 Å². The van der Waals surface area contributed by atoms with Crippen molar-refractivity contribution in [1.82, 2.24) is 4.90 Å². The molecule has 0 bridgehead atoms. The van der Waals surface area contributed by atoms with Crippen LogP contribution < -0.4 is 10.5 Å². The summed E-state index contributed by atoms with van der Waals surface area (Å²) in [5, 5.41) is 0.688. The van der Waals surface area contributed by atoms with Crippen molar-refractivity contribution < 1.29 is 4.74 Å². The van der Waals surface area contributed by atoms with E-state index in [-0.39, 0.29) is 0 Å². The fraction of sp³-hybridized carbons (Fsp3) is 0.625. The van der Waals surface area contributed by atoms with Gasteiger partial charge in [0.2, 0.25) is 0 Å². The molecule has 0 radical (unpaired) electrons. The van der Waals surface area contributed by atoms with E-state index < -0.39 is 0 Å². The molecule has 112 valence electrons. The molecule has 1 aromatic carbocycles. The first-order valence-electron chi connectivity index (χ1n) is 7.52. The molecule has 0 amide bonds. The monoisotopic (exact) mass is 296 g/mol. The molecule has 1 saturated heterocycles. The van der Waals surface area contributed by atoms with Crippen molar-refractivity contribution in [3.8, 4) is 5.75 Å². The molecular formula is C16H25ClN2O. The van der Waals surface area contributed by atoms with Crippen LogP contribution >= 0.6 is 11.6 Å². The largest absolute Gasteiger partial charge is 0.492 e. The van der Waals surface area contributed by atoms with Gasteiger partial charge < -0.3 is 15.4 Å². The van der Waals surface area contributed by atoms with Gasteiger partial charge in [-0.15, -0.1) is 0 Å². The molecule has 1 aliphatic heterocycles. The summed E-state index contributed by atoms with van der Waals surface area (Å²) in [7, 11) is 2.21. The van der Waals surface area contributed by atoms with E-state index in [1.54, 1.807) is 0 Å². The van der Waals surface area contributed by atoms with Crippen molar-refractivity contribution in [2.75, 3.05) is 26.7 Å². The summed E-state index contributed by atoms with van der Waals surface area (Å²) < 4.78 is 5.83. The molecule has 3 nitrogen and oxygen atoms in total. The summed E-state index contributed by atoms with van der Waals surface area (Å²) in [4.78, 5) is 2.44. The van der Waals surface area contributed by atoms with Gasteiger partial charge in [-0.1, -0.05) is 24.1 Å². The van der Waals surface area contributed by atoms with Crippen molar-refractivity contribution >= 4 is 11.6 Å². The van der Waals surface area contributed by atoms with E-state index in [4.69, 9.17) is 22.1 Å². The summed E-state index contributed by atoms with van der Waals surface area (Å²) in [5.74, 6) is 0.783. The minimum atomic E-state index is 0.643. The van der Waals surface area contributed by atoms with Crippen LogP contribution in [0.3, 0.4) is 0 Å². The summed E-state index contributed by atoms with van der Waals surface area (Å²) in [6.45, 7) is 2.58. The van der Waals surface area contributed by atoms with E-state index in [2.05, 4.69) is 11.9 Å². The Labute approximate surface area is 127 Å². The van der Waals surface area contributed by atoms with Crippen LogP contribution in [0.25, 0.3) is 0 Å². The second-order valence-corrected chi connectivity index (χ2v) is 5.98. The first-order chi connectivity index (χ1) is 9.70. The van der Waals surface area contributed by atoms with Crippen molar-refractivity contribution in [2.45, 2.75) is 38.1 Å². The Morgan fingerprint density at radius 1 is 1.40 bits per heavy atom. The van der Waals surface area contributed by atoms with Crippen LogP contribution in [0, 0.1) is 0 Å². The number of rotatable bonds is 6. The number of hydrogen-bond donors (Lipinski definition) is 1. The smallest absolute Gasteiger partial charge is 0.137 e. The molecule has 2 rings (SSSR count). The van der Waals surface area contributed by atoms with Crippen molar-refractivity contribution in [3.63, 3.8) is 0 Å². The predicted molar refractivity (Wildman–Crippen MR) is 84.6 cm³/mol. The lowest BCUT2D eigenvalue weighted by Crippen LogP contribution is -2.37. The molecule has 1 atom stereocenters. The molecule has 1 aliphatic rings. The van der Waals surface area contributed by atoms with Crippen molar-refractivity contribution in [3.05, 3.63) is 28.8 Å². The summed E-state index contributed by atoms with van der Waals surface area (Å²) in [6, 6.07) is 6.61. The Bertz CT molecular complexity index is 425. The summed E-state index contributed by atoms with van der Waals surface area (Å²) in [5.41, 5.74) is 6.71. The quantitative estimate of drug-likeness (QED) is 0.877. The molecule has 1 fully saturated rings. The molecular weight excluding hydrogens is 272 g/mol. The SMILES string of the molecule is CN1CCCCC1CCOc1ccc(CCN)cc1Cl. The minimum absolute atomic E-state index is 0.643. The number of piperidine rings is 1. The highest BCUT2D eigenvalue weighted by Crippen LogP contribution is 2.26. The van der Waals surface area contributed by atoms with Gasteiger partial charge in [0.1, 0.15) is 5.75 Å². The third kappa shape index (κ3) is 4.37. The third-order valence-electron chi connectivity index (χ3n) is 4.06. The maximum atomic E-state index is 6.24.